The number of aliphatic hydroxyl groups is 1. The quantitative estimate of drug-likeness (QED) is 0.489. The Kier molecular flexibility index (Phi) is 2.58. The molecule has 0 aliphatic rings. The van der Waals surface area contributed by atoms with Crippen molar-refractivity contribution in [3.8, 4) is 0 Å². The van der Waals surface area contributed by atoms with Crippen LogP contribution in [-0.2, 0) is 4.79 Å². The third-order valence-corrected chi connectivity index (χ3v) is 1.19. The molecule has 4 nitrogen and oxygen atoms in total. The van der Waals surface area contributed by atoms with Crippen molar-refractivity contribution in [2.75, 3.05) is 0 Å². The van der Waals surface area contributed by atoms with Crippen LogP contribution < -0.4 is 0 Å². The van der Waals surface area contributed by atoms with E-state index in [9.17, 15) is 4.79 Å². The first-order valence-corrected chi connectivity index (χ1v) is 3.25. The third kappa shape index (κ3) is 2.19. The Hall–Kier alpha value is -1.65. The van der Waals surface area contributed by atoms with Gasteiger partial charge in [0.05, 0.1) is 0 Å². The Labute approximate surface area is 69.4 Å². The van der Waals surface area contributed by atoms with E-state index in [0.717, 1.165) is 0 Å². The van der Waals surface area contributed by atoms with Crippen molar-refractivity contribution in [2.24, 2.45) is 0 Å². The van der Waals surface area contributed by atoms with Crippen LogP contribution in [0.1, 0.15) is 5.69 Å². The van der Waals surface area contributed by atoms with E-state index in [1.54, 1.807) is 12.9 Å². The molecule has 12 heavy (non-hydrogen) atoms. The normalized spacial score (nSPS) is 10.8. The zero-order valence-corrected chi connectivity index (χ0v) is 6.14. The molecule has 5 heteroatoms. The fourth-order valence-corrected chi connectivity index (χ4v) is 0.705. The summed E-state index contributed by atoms with van der Waals surface area (Å²) in [5, 5.41) is 17.4. The molecule has 0 aliphatic carbocycles. The average molecular weight is 163 g/mol. The third-order valence-electron chi connectivity index (χ3n) is 1.19. The Balaban J connectivity index is 2.93. The number of aliphatic hydroxyl groups excluding tert-OH is 1. The molecule has 1 aromatic heterocycles. The summed E-state index contributed by atoms with van der Waals surface area (Å²) < 4.78 is 0. The first kappa shape index (κ1) is 8.45. The molecule has 0 saturated carbocycles. The van der Waals surface area contributed by atoms with Gasteiger partial charge in [-0.1, -0.05) is 0 Å². The van der Waals surface area contributed by atoms with Gasteiger partial charge in [0.15, 0.2) is 0 Å². The molecule has 0 atom stereocenters. The van der Waals surface area contributed by atoms with Gasteiger partial charge in [-0.2, -0.15) is 0 Å². The summed E-state index contributed by atoms with van der Waals surface area (Å²) in [6.45, 7) is 1.66. The first-order chi connectivity index (χ1) is 5.70. The van der Waals surface area contributed by atoms with Gasteiger partial charge in [-0.15, -0.1) is 0 Å². The molecule has 0 aromatic carbocycles. The molecule has 1 rings (SSSR count). The second-order valence-electron chi connectivity index (χ2n) is 2.08. The molecule has 0 amide bonds. The van der Waals surface area contributed by atoms with Gasteiger partial charge in [-0.25, -0.2) is 0 Å². The van der Waals surface area contributed by atoms with Crippen LogP contribution in [0.3, 0.4) is 0 Å². The SMILES string of the molecule is O=C(O)/C=C(\O)c1cbccn1. The molecule has 1 aromatic rings. The molecule has 0 spiro atoms. The number of nitrogens with zero attached hydrogens (tertiary/aromatic N) is 1. The zero-order valence-electron chi connectivity index (χ0n) is 6.14. The van der Waals surface area contributed by atoms with Crippen LogP contribution in [0.4, 0.5) is 0 Å². The van der Waals surface area contributed by atoms with Gasteiger partial charge in [-0.3, -0.25) is 0 Å². The van der Waals surface area contributed by atoms with E-state index >= 15 is 0 Å². The van der Waals surface area contributed by atoms with E-state index in [2.05, 4.69) is 4.98 Å². The summed E-state index contributed by atoms with van der Waals surface area (Å²) in [5.41, 5.74) is 0.250. The number of hydrogen-bond donors (Lipinski definition) is 2. The molecule has 0 radical (unpaired) electrons. The molecular weight excluding hydrogens is 157 g/mol. The number of carbonyl (C=O) groups is 1. The van der Waals surface area contributed by atoms with Gasteiger partial charge in [0.2, 0.25) is 0 Å². The van der Waals surface area contributed by atoms with Crippen LogP contribution in [-0.4, -0.2) is 28.1 Å². The van der Waals surface area contributed by atoms with Gasteiger partial charge in [0.1, 0.15) is 0 Å². The van der Waals surface area contributed by atoms with Crippen LogP contribution in [0, 0.1) is 0 Å². The van der Waals surface area contributed by atoms with Crippen molar-refractivity contribution in [2.45, 2.75) is 0 Å². The van der Waals surface area contributed by atoms with E-state index in [4.69, 9.17) is 10.2 Å². The molecule has 0 bridgehead atoms. The number of hydrogen-bond acceptors (Lipinski definition) is 3. The van der Waals surface area contributed by atoms with Crippen LogP contribution in [0.5, 0.6) is 0 Å². The fourth-order valence-electron chi connectivity index (χ4n) is 0.705. The van der Waals surface area contributed by atoms with Crippen molar-refractivity contribution in [1.82, 2.24) is 4.98 Å². The standard InChI is InChI=1S/C7H6BNO3/c10-6(3-7(11)12)5-4-8-1-2-9-5/h1-4,10H,(H,11,12)/b6-3-. The second-order valence-corrected chi connectivity index (χ2v) is 2.08. The molecule has 0 unspecified atom stereocenters. The molecule has 60 valence electrons. The van der Waals surface area contributed by atoms with Crippen molar-refractivity contribution >= 4 is 18.6 Å². The Morgan fingerprint density at radius 1 is 1.58 bits per heavy atom. The predicted molar refractivity (Wildman–Crippen MR) is 43.8 cm³/mol. The summed E-state index contributed by atoms with van der Waals surface area (Å²) in [5.74, 6) is 1.66. The van der Waals surface area contributed by atoms with Crippen molar-refractivity contribution in [1.29, 1.82) is 0 Å². The number of aromatic nitrogens is 1. The molecule has 0 saturated heterocycles. The number of rotatable bonds is 2. The fraction of sp³-hybridized carbons (Fsp3) is 0. The molecule has 2 N–H and O–H groups in total. The summed E-state index contributed by atoms with van der Waals surface area (Å²) in [4.78, 5) is 13.9. The average Bonchev–Trinajstić information content (AvgIpc) is 2.05. The monoisotopic (exact) mass is 163 g/mol. The van der Waals surface area contributed by atoms with Gasteiger partial charge in [-0.05, 0) is 0 Å². The summed E-state index contributed by atoms with van der Waals surface area (Å²) >= 11 is 0. The van der Waals surface area contributed by atoms with Crippen LogP contribution in [0.25, 0.3) is 5.76 Å². The summed E-state index contributed by atoms with van der Waals surface area (Å²) in [7, 11) is 0. The van der Waals surface area contributed by atoms with Crippen LogP contribution in [0.2, 0.25) is 0 Å². The van der Waals surface area contributed by atoms with E-state index < -0.39 is 5.97 Å². The Morgan fingerprint density at radius 3 is 2.83 bits per heavy atom. The number of carboxylic acids is 1. The van der Waals surface area contributed by atoms with Crippen LogP contribution in [0.15, 0.2) is 24.2 Å². The number of aliphatic carboxylic acids is 1. The van der Waals surface area contributed by atoms with Crippen molar-refractivity contribution in [3.05, 3.63) is 29.9 Å². The molecule has 1 heterocycles. The summed E-state index contributed by atoms with van der Waals surface area (Å²) in [6, 6.07) is 0. The minimum absolute atomic E-state index is 0.250. The minimum atomic E-state index is -1.20. The van der Waals surface area contributed by atoms with Gasteiger partial charge in [0, 0.05) is 0 Å². The topological polar surface area (TPSA) is 70.4 Å². The zero-order chi connectivity index (χ0) is 8.97. The maximum absolute atomic E-state index is 10.1. The van der Waals surface area contributed by atoms with Gasteiger partial charge >= 0.3 is 68.5 Å². The molecule has 0 fully saturated rings. The van der Waals surface area contributed by atoms with E-state index in [0.29, 0.717) is 6.08 Å². The van der Waals surface area contributed by atoms with Gasteiger partial charge in [0.25, 0.3) is 0 Å². The first-order valence-electron chi connectivity index (χ1n) is 3.25. The van der Waals surface area contributed by atoms with Gasteiger partial charge < -0.3 is 0 Å². The second kappa shape index (κ2) is 3.66. The van der Waals surface area contributed by atoms with Crippen molar-refractivity contribution < 1.29 is 15.0 Å². The predicted octanol–water partition coefficient (Wildman–Crippen LogP) is 0.403. The van der Waals surface area contributed by atoms with Crippen molar-refractivity contribution in [3.63, 3.8) is 0 Å². The van der Waals surface area contributed by atoms with E-state index in [-0.39, 0.29) is 11.5 Å². The Morgan fingerprint density at radius 2 is 2.33 bits per heavy atom. The maximum atomic E-state index is 10.1. The van der Waals surface area contributed by atoms with Crippen LogP contribution >= 0.6 is 0 Å². The molecule has 0 aliphatic heterocycles. The van der Waals surface area contributed by atoms with E-state index in [1.165, 1.54) is 12.2 Å². The Bertz CT molecular complexity index is 310. The summed E-state index contributed by atoms with van der Waals surface area (Å²) in [6.07, 6.45) is 2.17. The number of carboxylic acid groups (broad SMARTS) is 1. The molecular formula is C7H6BNO3. The van der Waals surface area contributed by atoms with E-state index in [1.807, 2.05) is 0 Å².